The molecule has 0 aliphatic heterocycles. The van der Waals surface area contributed by atoms with E-state index >= 15 is 0 Å². The van der Waals surface area contributed by atoms with Crippen LogP contribution in [0.25, 0.3) is 0 Å². The highest BCUT2D eigenvalue weighted by molar-refractivity contribution is 5.84. The minimum absolute atomic E-state index is 0.0572. The summed E-state index contributed by atoms with van der Waals surface area (Å²) in [5.74, 6) is -0.367. The highest BCUT2D eigenvalue weighted by Gasteiger charge is 2.39. The van der Waals surface area contributed by atoms with Crippen LogP contribution in [0.15, 0.2) is 0 Å². The van der Waals surface area contributed by atoms with Crippen molar-refractivity contribution < 1.29 is 14.7 Å². The number of aliphatic carboxylic acids is 1. The second-order valence-corrected chi connectivity index (χ2v) is 5.77. The normalized spacial score (nSPS) is 18.9. The van der Waals surface area contributed by atoms with E-state index in [2.05, 4.69) is 0 Å². The highest BCUT2D eigenvalue weighted by Crippen LogP contribution is 2.33. The van der Waals surface area contributed by atoms with E-state index in [0.717, 1.165) is 6.54 Å². The third-order valence-electron chi connectivity index (χ3n) is 3.94. The lowest BCUT2D eigenvalue weighted by Gasteiger charge is -2.30. The van der Waals surface area contributed by atoms with E-state index in [-0.39, 0.29) is 18.2 Å². The van der Waals surface area contributed by atoms with Gasteiger partial charge < -0.3 is 10.0 Å². The number of carbonyl (C=O) groups excluding carboxylic acids is 1. The minimum atomic E-state index is -0.963. The highest BCUT2D eigenvalue weighted by atomic mass is 16.4. The number of amides is 1. The average Bonchev–Trinajstić information content (AvgIpc) is 3.00. The van der Waals surface area contributed by atoms with Gasteiger partial charge in [0.15, 0.2) is 0 Å². The van der Waals surface area contributed by atoms with Gasteiger partial charge in [0.2, 0.25) is 5.91 Å². The fourth-order valence-electron chi connectivity index (χ4n) is 1.77. The fourth-order valence-corrected chi connectivity index (χ4v) is 1.77. The molecule has 0 aromatic heterocycles. The van der Waals surface area contributed by atoms with Crippen molar-refractivity contribution in [1.29, 1.82) is 0 Å². The Bertz CT molecular complexity index is 310. The molecule has 4 heteroatoms. The summed E-state index contributed by atoms with van der Waals surface area (Å²) in [6.07, 6.45) is 2.47. The van der Waals surface area contributed by atoms with Gasteiger partial charge in [0, 0.05) is 20.0 Å². The summed E-state index contributed by atoms with van der Waals surface area (Å²) in [7, 11) is 1.77. The van der Waals surface area contributed by atoms with E-state index in [1.165, 1.54) is 12.8 Å². The molecule has 0 aromatic rings. The van der Waals surface area contributed by atoms with Crippen LogP contribution in [0.3, 0.4) is 0 Å². The summed E-state index contributed by atoms with van der Waals surface area (Å²) < 4.78 is 0. The maximum Gasteiger partial charge on any atom is 0.310 e. The standard InChI is InChI=1S/C13H23NO3/c1-9(2)13(3,12(16)17)7-11(15)14(4)8-10-5-6-10/h9-10H,5-8H2,1-4H3,(H,16,17). The third kappa shape index (κ3) is 3.45. The van der Waals surface area contributed by atoms with Crippen molar-refractivity contribution in [2.75, 3.05) is 13.6 Å². The van der Waals surface area contributed by atoms with Crippen LogP contribution in [0.5, 0.6) is 0 Å². The summed E-state index contributed by atoms with van der Waals surface area (Å²) in [6, 6.07) is 0. The van der Waals surface area contributed by atoms with Crippen LogP contribution in [0, 0.1) is 17.3 Å². The number of hydrogen-bond donors (Lipinski definition) is 1. The molecule has 98 valence electrons. The van der Waals surface area contributed by atoms with Gasteiger partial charge in [-0.2, -0.15) is 0 Å². The molecular formula is C13H23NO3. The molecule has 4 nitrogen and oxygen atoms in total. The second-order valence-electron chi connectivity index (χ2n) is 5.77. The first-order valence-electron chi connectivity index (χ1n) is 6.24. The smallest absolute Gasteiger partial charge is 0.310 e. The Morgan fingerprint density at radius 3 is 2.29 bits per heavy atom. The summed E-state index contributed by atoms with van der Waals surface area (Å²) in [5, 5.41) is 9.26. The first kappa shape index (κ1) is 14.0. The monoisotopic (exact) mass is 241 g/mol. The molecule has 0 saturated heterocycles. The number of carbonyl (C=O) groups is 2. The van der Waals surface area contributed by atoms with Gasteiger partial charge in [0.05, 0.1) is 5.41 Å². The zero-order valence-corrected chi connectivity index (χ0v) is 11.2. The second kappa shape index (κ2) is 5.07. The summed E-state index contributed by atoms with van der Waals surface area (Å²) in [5.41, 5.74) is -0.963. The Hall–Kier alpha value is -1.06. The lowest BCUT2D eigenvalue weighted by Crippen LogP contribution is -2.40. The quantitative estimate of drug-likeness (QED) is 0.773. The van der Waals surface area contributed by atoms with Crippen molar-refractivity contribution in [1.82, 2.24) is 4.90 Å². The number of rotatable bonds is 6. The van der Waals surface area contributed by atoms with Crippen LogP contribution in [0.2, 0.25) is 0 Å². The zero-order valence-electron chi connectivity index (χ0n) is 11.2. The minimum Gasteiger partial charge on any atom is -0.481 e. The van der Waals surface area contributed by atoms with Crippen LogP contribution >= 0.6 is 0 Å². The number of nitrogens with zero attached hydrogens (tertiary/aromatic N) is 1. The van der Waals surface area contributed by atoms with Gasteiger partial charge in [0.1, 0.15) is 0 Å². The topological polar surface area (TPSA) is 57.6 Å². The van der Waals surface area contributed by atoms with E-state index in [1.54, 1.807) is 18.9 Å². The van der Waals surface area contributed by atoms with E-state index in [4.69, 9.17) is 0 Å². The van der Waals surface area contributed by atoms with E-state index < -0.39 is 11.4 Å². The van der Waals surface area contributed by atoms with Gasteiger partial charge in [-0.1, -0.05) is 13.8 Å². The Labute approximate surface area is 103 Å². The van der Waals surface area contributed by atoms with Crippen molar-refractivity contribution in [3.63, 3.8) is 0 Å². The van der Waals surface area contributed by atoms with Gasteiger partial charge in [-0.25, -0.2) is 0 Å². The summed E-state index contributed by atoms with van der Waals surface area (Å²) >= 11 is 0. The Kier molecular flexibility index (Phi) is 4.17. The maximum atomic E-state index is 12.0. The molecule has 1 rings (SSSR count). The Morgan fingerprint density at radius 2 is 1.94 bits per heavy atom. The average molecular weight is 241 g/mol. The van der Waals surface area contributed by atoms with Crippen LogP contribution in [-0.4, -0.2) is 35.5 Å². The molecule has 0 aromatic carbocycles. The molecule has 1 amide bonds. The van der Waals surface area contributed by atoms with Crippen molar-refractivity contribution >= 4 is 11.9 Å². The molecule has 1 aliphatic rings. The first-order valence-corrected chi connectivity index (χ1v) is 6.24. The molecule has 1 atom stereocenters. The molecule has 1 fully saturated rings. The molecule has 1 aliphatic carbocycles. The van der Waals surface area contributed by atoms with E-state index in [1.807, 2.05) is 13.8 Å². The van der Waals surface area contributed by atoms with Crippen molar-refractivity contribution in [2.24, 2.45) is 17.3 Å². The first-order chi connectivity index (χ1) is 7.77. The molecule has 0 heterocycles. The lowest BCUT2D eigenvalue weighted by molar-refractivity contribution is -0.155. The predicted octanol–water partition coefficient (Wildman–Crippen LogP) is 1.99. The number of carboxylic acid groups (broad SMARTS) is 1. The van der Waals surface area contributed by atoms with Gasteiger partial charge in [0.25, 0.3) is 0 Å². The molecular weight excluding hydrogens is 218 g/mol. The van der Waals surface area contributed by atoms with Crippen molar-refractivity contribution in [3.05, 3.63) is 0 Å². The van der Waals surface area contributed by atoms with E-state index in [9.17, 15) is 14.7 Å². The number of carboxylic acids is 1. The Morgan fingerprint density at radius 1 is 1.41 bits per heavy atom. The molecule has 17 heavy (non-hydrogen) atoms. The van der Waals surface area contributed by atoms with E-state index in [0.29, 0.717) is 5.92 Å². The SMILES string of the molecule is CC(C)C(C)(CC(=O)N(C)CC1CC1)C(=O)O. The molecule has 0 radical (unpaired) electrons. The van der Waals surface area contributed by atoms with Gasteiger partial charge in [-0.3, -0.25) is 9.59 Å². The summed E-state index contributed by atoms with van der Waals surface area (Å²) in [4.78, 5) is 25.0. The molecule has 1 saturated carbocycles. The molecule has 1 N–H and O–H groups in total. The van der Waals surface area contributed by atoms with Gasteiger partial charge >= 0.3 is 5.97 Å². The predicted molar refractivity (Wildman–Crippen MR) is 65.6 cm³/mol. The largest absolute Gasteiger partial charge is 0.481 e. The van der Waals surface area contributed by atoms with Crippen LogP contribution in [0.1, 0.15) is 40.0 Å². The zero-order chi connectivity index (χ0) is 13.2. The van der Waals surface area contributed by atoms with Gasteiger partial charge in [-0.15, -0.1) is 0 Å². The van der Waals surface area contributed by atoms with Crippen LogP contribution in [-0.2, 0) is 9.59 Å². The maximum absolute atomic E-state index is 12.0. The molecule has 1 unspecified atom stereocenters. The van der Waals surface area contributed by atoms with Crippen LogP contribution in [0.4, 0.5) is 0 Å². The molecule has 0 bridgehead atoms. The van der Waals surface area contributed by atoms with Crippen molar-refractivity contribution in [2.45, 2.75) is 40.0 Å². The van der Waals surface area contributed by atoms with Crippen molar-refractivity contribution in [3.8, 4) is 0 Å². The summed E-state index contributed by atoms with van der Waals surface area (Å²) in [6.45, 7) is 6.13. The third-order valence-corrected chi connectivity index (χ3v) is 3.94. The van der Waals surface area contributed by atoms with Gasteiger partial charge in [-0.05, 0) is 31.6 Å². The lowest BCUT2D eigenvalue weighted by atomic mass is 9.76. The fraction of sp³-hybridized carbons (Fsp3) is 0.846. The van der Waals surface area contributed by atoms with Crippen LogP contribution < -0.4 is 0 Å². The Balaban J connectivity index is 2.59. The molecule has 0 spiro atoms. The number of hydrogen-bond acceptors (Lipinski definition) is 2.